The molecule has 6 rings (SSSR count). The summed E-state index contributed by atoms with van der Waals surface area (Å²) in [5.74, 6) is -0.0716. The van der Waals surface area contributed by atoms with Gasteiger partial charge in [0, 0.05) is 87.1 Å². The highest BCUT2D eigenvalue weighted by molar-refractivity contribution is 5.97. The average molecular weight is 621 g/mol. The fourth-order valence-corrected chi connectivity index (χ4v) is 6.39. The SMILES string of the molecule is CN1CCN(C2CCN(c3ccc(Nc4nc(NC5CCOCC5)c(-c5ccc(C(F)F)cc5)nc4C(N)=O)cc3)CC2)CC1. The summed E-state index contributed by atoms with van der Waals surface area (Å²) >= 11 is 0. The number of amides is 1. The molecule has 3 aliphatic rings. The van der Waals surface area contributed by atoms with Gasteiger partial charge in [0.1, 0.15) is 5.69 Å². The van der Waals surface area contributed by atoms with Crippen molar-refractivity contribution >= 4 is 28.9 Å². The highest BCUT2D eigenvalue weighted by atomic mass is 19.3. The molecule has 0 atom stereocenters. The first-order valence-electron chi connectivity index (χ1n) is 15.8. The summed E-state index contributed by atoms with van der Waals surface area (Å²) < 4.78 is 31.9. The summed E-state index contributed by atoms with van der Waals surface area (Å²) in [6.07, 6.45) is 1.28. The van der Waals surface area contributed by atoms with Crippen LogP contribution in [0.25, 0.3) is 11.3 Å². The van der Waals surface area contributed by atoms with Crippen molar-refractivity contribution in [1.82, 2.24) is 19.8 Å². The fourth-order valence-electron chi connectivity index (χ4n) is 6.39. The Morgan fingerprint density at radius 3 is 2.18 bits per heavy atom. The van der Waals surface area contributed by atoms with Gasteiger partial charge in [0.25, 0.3) is 12.3 Å². The third-order valence-corrected chi connectivity index (χ3v) is 9.14. The van der Waals surface area contributed by atoms with E-state index in [0.29, 0.717) is 36.3 Å². The maximum Gasteiger partial charge on any atom is 0.271 e. The van der Waals surface area contributed by atoms with E-state index in [1.165, 1.54) is 12.1 Å². The molecule has 1 aromatic heterocycles. The van der Waals surface area contributed by atoms with Crippen molar-refractivity contribution < 1.29 is 18.3 Å². The molecule has 3 aromatic rings. The molecule has 1 amide bonds. The third kappa shape index (κ3) is 7.51. The van der Waals surface area contributed by atoms with Crippen LogP contribution in [-0.4, -0.2) is 97.3 Å². The van der Waals surface area contributed by atoms with Gasteiger partial charge in [-0.05, 0) is 57.0 Å². The van der Waals surface area contributed by atoms with Crippen LogP contribution in [0.15, 0.2) is 48.5 Å². The van der Waals surface area contributed by atoms with E-state index in [9.17, 15) is 13.6 Å². The van der Waals surface area contributed by atoms with Gasteiger partial charge in [-0.1, -0.05) is 24.3 Å². The molecule has 3 fully saturated rings. The minimum absolute atomic E-state index is 0.0319. The van der Waals surface area contributed by atoms with Crippen LogP contribution in [0, 0.1) is 0 Å². The fraction of sp³-hybridized carbons (Fsp3) is 0.485. The molecule has 10 nitrogen and oxygen atoms in total. The van der Waals surface area contributed by atoms with Gasteiger partial charge in [0.15, 0.2) is 17.3 Å². The summed E-state index contributed by atoms with van der Waals surface area (Å²) in [5.41, 5.74) is 8.47. The minimum Gasteiger partial charge on any atom is -0.381 e. The van der Waals surface area contributed by atoms with Crippen molar-refractivity contribution in [2.75, 3.05) is 75.1 Å². The highest BCUT2D eigenvalue weighted by Gasteiger charge is 2.27. The Kier molecular flexibility index (Phi) is 9.72. The molecule has 0 aliphatic carbocycles. The number of anilines is 4. The number of hydrogen-bond donors (Lipinski definition) is 3. The van der Waals surface area contributed by atoms with Crippen LogP contribution in [0.2, 0.25) is 0 Å². The Balaban J connectivity index is 1.20. The molecule has 45 heavy (non-hydrogen) atoms. The number of ether oxygens (including phenoxy) is 1. The van der Waals surface area contributed by atoms with Crippen LogP contribution in [-0.2, 0) is 4.74 Å². The molecule has 0 radical (unpaired) electrons. The number of carbonyl (C=O) groups is 1. The van der Waals surface area contributed by atoms with E-state index < -0.39 is 12.3 Å². The van der Waals surface area contributed by atoms with E-state index in [2.05, 4.69) is 49.5 Å². The standard InChI is InChI=1S/C33H42F2N8O2/c1-41-16-18-43(19-17-41)27-10-14-42(15-11-27)26-8-6-24(7-9-26)37-33-29(31(36)44)39-28(22-2-4-23(5-3-22)30(34)35)32(40-33)38-25-12-20-45-21-13-25/h2-9,25,27,30H,10-21H2,1H3,(H2,36,44)(H2,37,38,40). The molecule has 12 heteroatoms. The number of alkyl halides is 2. The van der Waals surface area contributed by atoms with E-state index in [1.54, 1.807) is 12.1 Å². The van der Waals surface area contributed by atoms with E-state index in [1.807, 2.05) is 12.1 Å². The van der Waals surface area contributed by atoms with Gasteiger partial charge in [0.2, 0.25) is 0 Å². The Morgan fingerprint density at radius 1 is 0.889 bits per heavy atom. The van der Waals surface area contributed by atoms with Gasteiger partial charge >= 0.3 is 0 Å². The number of likely N-dealkylation sites (N-methyl/N-ethyl adjacent to an activating group) is 1. The normalized spacial score (nSPS) is 19.2. The molecule has 2 aromatic carbocycles. The van der Waals surface area contributed by atoms with Crippen molar-refractivity contribution in [2.45, 2.75) is 44.2 Å². The summed E-state index contributed by atoms with van der Waals surface area (Å²) in [6.45, 7) is 7.85. The summed E-state index contributed by atoms with van der Waals surface area (Å²) in [7, 11) is 2.19. The number of hydrogen-bond acceptors (Lipinski definition) is 9. The number of nitrogens with two attached hydrogens (primary N) is 1. The first kappa shape index (κ1) is 31.1. The zero-order valence-corrected chi connectivity index (χ0v) is 25.7. The smallest absolute Gasteiger partial charge is 0.271 e. The largest absolute Gasteiger partial charge is 0.381 e. The quantitative estimate of drug-likeness (QED) is 0.313. The maximum atomic E-state index is 13.2. The Hall–Kier alpha value is -3.87. The second-order valence-corrected chi connectivity index (χ2v) is 12.2. The Bertz CT molecular complexity index is 1430. The average Bonchev–Trinajstić information content (AvgIpc) is 3.06. The van der Waals surface area contributed by atoms with Crippen LogP contribution in [0.4, 0.5) is 31.8 Å². The molecule has 4 N–H and O–H groups in total. The lowest BCUT2D eigenvalue weighted by Crippen LogP contribution is -2.52. The zero-order chi connectivity index (χ0) is 31.3. The third-order valence-electron chi connectivity index (χ3n) is 9.14. The van der Waals surface area contributed by atoms with E-state index in [0.717, 1.165) is 76.3 Å². The molecule has 3 saturated heterocycles. The maximum absolute atomic E-state index is 13.2. The number of aromatic nitrogens is 2. The molecule has 3 aliphatic heterocycles. The molecule has 0 spiro atoms. The number of nitrogens with zero attached hydrogens (tertiary/aromatic N) is 5. The zero-order valence-electron chi connectivity index (χ0n) is 25.7. The molecule has 4 heterocycles. The number of halogens is 2. The number of primary amides is 1. The van der Waals surface area contributed by atoms with Gasteiger partial charge in [-0.3, -0.25) is 9.69 Å². The molecular formula is C33H42F2N8O2. The van der Waals surface area contributed by atoms with E-state index >= 15 is 0 Å². The van der Waals surface area contributed by atoms with Crippen LogP contribution < -0.4 is 21.3 Å². The van der Waals surface area contributed by atoms with Gasteiger partial charge < -0.3 is 30.9 Å². The van der Waals surface area contributed by atoms with Gasteiger partial charge in [-0.15, -0.1) is 0 Å². The number of benzene rings is 2. The van der Waals surface area contributed by atoms with Gasteiger partial charge in [-0.2, -0.15) is 0 Å². The predicted molar refractivity (Wildman–Crippen MR) is 172 cm³/mol. The first-order valence-corrected chi connectivity index (χ1v) is 15.8. The lowest BCUT2D eigenvalue weighted by Gasteiger charge is -2.42. The molecular weight excluding hydrogens is 578 g/mol. The Labute approximate surface area is 262 Å². The van der Waals surface area contributed by atoms with Crippen LogP contribution in [0.1, 0.15) is 48.2 Å². The number of rotatable bonds is 9. The van der Waals surface area contributed by atoms with Crippen molar-refractivity contribution in [3.63, 3.8) is 0 Å². The highest BCUT2D eigenvalue weighted by Crippen LogP contribution is 2.32. The summed E-state index contributed by atoms with van der Waals surface area (Å²) in [4.78, 5) is 29.5. The van der Waals surface area contributed by atoms with Gasteiger partial charge in [0.05, 0.1) is 0 Å². The first-order chi connectivity index (χ1) is 21.8. The summed E-state index contributed by atoms with van der Waals surface area (Å²) in [5, 5.41) is 6.70. The molecule has 0 saturated carbocycles. The number of nitrogens with one attached hydrogen (secondary N) is 2. The Morgan fingerprint density at radius 2 is 1.56 bits per heavy atom. The second kappa shape index (κ2) is 14.1. The molecule has 240 valence electrons. The van der Waals surface area contributed by atoms with E-state index in [-0.39, 0.29) is 23.1 Å². The van der Waals surface area contributed by atoms with E-state index in [4.69, 9.17) is 15.5 Å². The second-order valence-electron chi connectivity index (χ2n) is 12.2. The monoisotopic (exact) mass is 620 g/mol. The van der Waals surface area contributed by atoms with Crippen LogP contribution in [0.3, 0.4) is 0 Å². The summed E-state index contributed by atoms with van der Waals surface area (Å²) in [6, 6.07) is 14.7. The van der Waals surface area contributed by atoms with Gasteiger partial charge in [-0.25, -0.2) is 18.7 Å². The van der Waals surface area contributed by atoms with Crippen LogP contribution in [0.5, 0.6) is 0 Å². The number of piperidine rings is 1. The molecule has 0 unspecified atom stereocenters. The topological polar surface area (TPSA) is 112 Å². The minimum atomic E-state index is -2.59. The van der Waals surface area contributed by atoms with Crippen molar-refractivity contribution in [1.29, 1.82) is 0 Å². The number of piperazine rings is 1. The lowest BCUT2D eigenvalue weighted by atomic mass is 10.0. The van der Waals surface area contributed by atoms with Crippen molar-refractivity contribution in [2.24, 2.45) is 5.73 Å². The predicted octanol–water partition coefficient (Wildman–Crippen LogP) is 4.73. The van der Waals surface area contributed by atoms with Crippen LogP contribution >= 0.6 is 0 Å². The van der Waals surface area contributed by atoms with Crippen molar-refractivity contribution in [3.05, 3.63) is 59.8 Å². The van der Waals surface area contributed by atoms with Crippen molar-refractivity contribution in [3.8, 4) is 11.3 Å². The number of carbonyl (C=O) groups excluding carboxylic acids is 1. The molecule has 0 bridgehead atoms. The lowest BCUT2D eigenvalue weighted by molar-refractivity contribution is 0.0904.